The first-order chi connectivity index (χ1) is 9.82. The summed E-state index contributed by atoms with van der Waals surface area (Å²) in [4.78, 5) is 14.0. The molecule has 0 aromatic heterocycles. The lowest BCUT2D eigenvalue weighted by atomic mass is 10.1. The minimum absolute atomic E-state index is 0.0976. The summed E-state index contributed by atoms with van der Waals surface area (Å²) in [7, 11) is 0. The lowest BCUT2D eigenvalue weighted by molar-refractivity contribution is -0.137. The number of amides is 1. The van der Waals surface area contributed by atoms with Gasteiger partial charge >= 0.3 is 6.18 Å². The van der Waals surface area contributed by atoms with Gasteiger partial charge in [0.15, 0.2) is 0 Å². The Labute approximate surface area is 129 Å². The molecule has 1 aliphatic heterocycles. The van der Waals surface area contributed by atoms with E-state index in [0.717, 1.165) is 12.1 Å². The summed E-state index contributed by atoms with van der Waals surface area (Å²) in [6.45, 7) is 2.70. The largest absolute Gasteiger partial charge is 0.416 e. The summed E-state index contributed by atoms with van der Waals surface area (Å²) in [5.41, 5.74) is -0.502. The lowest BCUT2D eigenvalue weighted by Crippen LogP contribution is -2.51. The number of rotatable bonds is 2. The van der Waals surface area contributed by atoms with Gasteiger partial charge in [-0.05, 0) is 31.2 Å². The van der Waals surface area contributed by atoms with Gasteiger partial charge in [-0.3, -0.25) is 4.79 Å². The fraction of sp³-hybridized carbons (Fsp3) is 0.500. The molecule has 1 saturated heterocycles. The van der Waals surface area contributed by atoms with E-state index in [1.54, 1.807) is 4.90 Å². The average molecular weight is 366 g/mol. The van der Waals surface area contributed by atoms with Crippen LogP contribution in [0.3, 0.4) is 0 Å². The number of alkyl halides is 4. The van der Waals surface area contributed by atoms with Crippen molar-refractivity contribution in [2.24, 2.45) is 0 Å². The van der Waals surface area contributed by atoms with Gasteiger partial charge in [-0.15, -0.1) is 0 Å². The minimum Gasteiger partial charge on any atom is -0.373 e. The highest BCUT2D eigenvalue weighted by Gasteiger charge is 2.32. The standard InChI is InChI=1S/C14H15BrF3NO2/c1-9-8-21-12(6-15)7-19(9)13(20)10-2-4-11(5-3-10)14(16,17)18/h2-5,9,12H,6-8H2,1H3. The third-order valence-electron chi connectivity index (χ3n) is 3.40. The molecule has 1 aliphatic rings. The number of carbonyl (C=O) groups is 1. The second-order valence-electron chi connectivity index (χ2n) is 4.99. The number of hydrogen-bond donors (Lipinski definition) is 0. The molecule has 2 rings (SSSR count). The molecule has 0 bridgehead atoms. The first kappa shape index (κ1) is 16.3. The van der Waals surface area contributed by atoms with E-state index in [2.05, 4.69) is 15.9 Å². The number of nitrogens with zero attached hydrogens (tertiary/aromatic N) is 1. The van der Waals surface area contributed by atoms with Crippen LogP contribution in [0.15, 0.2) is 24.3 Å². The van der Waals surface area contributed by atoms with Gasteiger partial charge in [-0.25, -0.2) is 0 Å². The molecule has 0 saturated carbocycles. The molecule has 116 valence electrons. The molecule has 0 radical (unpaired) electrons. The zero-order valence-electron chi connectivity index (χ0n) is 11.4. The second kappa shape index (κ2) is 6.36. The van der Waals surface area contributed by atoms with E-state index < -0.39 is 11.7 Å². The molecule has 21 heavy (non-hydrogen) atoms. The zero-order chi connectivity index (χ0) is 15.6. The van der Waals surface area contributed by atoms with E-state index in [-0.39, 0.29) is 23.6 Å². The summed E-state index contributed by atoms with van der Waals surface area (Å²) in [5, 5.41) is 0.608. The quantitative estimate of drug-likeness (QED) is 0.752. The van der Waals surface area contributed by atoms with Gasteiger partial charge in [-0.1, -0.05) is 15.9 Å². The van der Waals surface area contributed by atoms with Crippen LogP contribution in [-0.2, 0) is 10.9 Å². The molecule has 2 unspecified atom stereocenters. The lowest BCUT2D eigenvalue weighted by Gasteiger charge is -2.37. The highest BCUT2D eigenvalue weighted by atomic mass is 79.9. The Morgan fingerprint density at radius 2 is 2.00 bits per heavy atom. The topological polar surface area (TPSA) is 29.5 Å². The highest BCUT2D eigenvalue weighted by Crippen LogP contribution is 2.29. The van der Waals surface area contributed by atoms with Crippen molar-refractivity contribution < 1.29 is 22.7 Å². The predicted octanol–water partition coefficient (Wildman–Crippen LogP) is 3.33. The third kappa shape index (κ3) is 3.77. The number of hydrogen-bond acceptors (Lipinski definition) is 2. The summed E-state index contributed by atoms with van der Waals surface area (Å²) < 4.78 is 43.1. The smallest absolute Gasteiger partial charge is 0.373 e. The molecule has 1 aromatic carbocycles. The maximum atomic E-state index is 12.5. The van der Waals surface area contributed by atoms with E-state index in [1.807, 2.05) is 6.92 Å². The van der Waals surface area contributed by atoms with Gasteiger partial charge in [0.25, 0.3) is 5.91 Å². The van der Waals surface area contributed by atoms with Crippen molar-refractivity contribution in [2.45, 2.75) is 25.2 Å². The number of carbonyl (C=O) groups excluding carboxylic acids is 1. The van der Waals surface area contributed by atoms with Gasteiger partial charge in [0.05, 0.1) is 24.3 Å². The van der Waals surface area contributed by atoms with Crippen molar-refractivity contribution >= 4 is 21.8 Å². The fourth-order valence-corrected chi connectivity index (χ4v) is 2.55. The van der Waals surface area contributed by atoms with E-state index in [4.69, 9.17) is 4.74 Å². The van der Waals surface area contributed by atoms with Gasteiger partial charge in [0, 0.05) is 17.4 Å². The maximum Gasteiger partial charge on any atom is 0.416 e. The van der Waals surface area contributed by atoms with Crippen molar-refractivity contribution in [3.63, 3.8) is 0 Å². The van der Waals surface area contributed by atoms with Crippen molar-refractivity contribution in [2.75, 3.05) is 18.5 Å². The second-order valence-corrected chi connectivity index (χ2v) is 5.64. The number of morpholine rings is 1. The molecule has 0 spiro atoms. The molecule has 1 fully saturated rings. The first-order valence-corrected chi connectivity index (χ1v) is 7.61. The van der Waals surface area contributed by atoms with E-state index in [0.29, 0.717) is 18.5 Å². The highest BCUT2D eigenvalue weighted by molar-refractivity contribution is 9.09. The van der Waals surface area contributed by atoms with Crippen molar-refractivity contribution in [3.05, 3.63) is 35.4 Å². The number of ether oxygens (including phenoxy) is 1. The van der Waals surface area contributed by atoms with Gasteiger partial charge in [0.1, 0.15) is 0 Å². The Bertz CT molecular complexity index is 504. The van der Waals surface area contributed by atoms with Crippen LogP contribution in [0.2, 0.25) is 0 Å². The SMILES string of the molecule is CC1COC(CBr)CN1C(=O)c1ccc(C(F)(F)F)cc1. The molecular weight excluding hydrogens is 351 g/mol. The average Bonchev–Trinajstić information content (AvgIpc) is 2.46. The van der Waals surface area contributed by atoms with Gasteiger partial charge < -0.3 is 9.64 Å². The third-order valence-corrected chi connectivity index (χ3v) is 4.12. The monoisotopic (exact) mass is 365 g/mol. The van der Waals surface area contributed by atoms with E-state index in [1.165, 1.54) is 12.1 Å². The Balaban J connectivity index is 2.15. The Morgan fingerprint density at radius 3 is 2.52 bits per heavy atom. The van der Waals surface area contributed by atoms with Gasteiger partial charge in [-0.2, -0.15) is 13.2 Å². The molecule has 3 nitrogen and oxygen atoms in total. The summed E-state index contributed by atoms with van der Waals surface area (Å²) in [5.74, 6) is -0.273. The molecule has 1 amide bonds. The van der Waals surface area contributed by atoms with Crippen LogP contribution in [0.25, 0.3) is 0 Å². The number of halogens is 4. The van der Waals surface area contributed by atoms with Crippen LogP contribution in [0.4, 0.5) is 13.2 Å². The van der Waals surface area contributed by atoms with E-state index >= 15 is 0 Å². The van der Waals surface area contributed by atoms with Crippen molar-refractivity contribution in [1.29, 1.82) is 0 Å². The van der Waals surface area contributed by atoms with Crippen molar-refractivity contribution in [1.82, 2.24) is 4.90 Å². The predicted molar refractivity (Wildman–Crippen MR) is 75.5 cm³/mol. The van der Waals surface area contributed by atoms with Crippen LogP contribution >= 0.6 is 15.9 Å². The Hall–Kier alpha value is -1.08. The minimum atomic E-state index is -4.39. The molecule has 0 aliphatic carbocycles. The zero-order valence-corrected chi connectivity index (χ0v) is 12.9. The van der Waals surface area contributed by atoms with Crippen LogP contribution in [0.1, 0.15) is 22.8 Å². The number of benzene rings is 1. The molecule has 1 heterocycles. The molecule has 0 N–H and O–H groups in total. The van der Waals surface area contributed by atoms with Gasteiger partial charge in [0.2, 0.25) is 0 Å². The molecular formula is C14H15BrF3NO2. The van der Waals surface area contributed by atoms with Crippen molar-refractivity contribution in [3.8, 4) is 0 Å². The van der Waals surface area contributed by atoms with Crippen LogP contribution in [0.5, 0.6) is 0 Å². The molecule has 1 aromatic rings. The van der Waals surface area contributed by atoms with E-state index in [9.17, 15) is 18.0 Å². The summed E-state index contributed by atoms with van der Waals surface area (Å²) in [6.07, 6.45) is -4.49. The normalized spacial score (nSPS) is 23.2. The Kier molecular flexibility index (Phi) is 4.93. The molecule has 2 atom stereocenters. The maximum absolute atomic E-state index is 12.5. The summed E-state index contributed by atoms with van der Waals surface area (Å²) >= 11 is 3.31. The first-order valence-electron chi connectivity index (χ1n) is 6.48. The summed E-state index contributed by atoms with van der Waals surface area (Å²) in [6, 6.07) is 4.20. The van der Waals surface area contributed by atoms with Crippen LogP contribution in [-0.4, -0.2) is 41.4 Å². The van der Waals surface area contributed by atoms with Crippen LogP contribution in [0, 0.1) is 0 Å². The fourth-order valence-electron chi connectivity index (χ4n) is 2.16. The molecule has 7 heteroatoms. The Morgan fingerprint density at radius 1 is 1.38 bits per heavy atom. The van der Waals surface area contributed by atoms with Crippen LogP contribution < -0.4 is 0 Å².